The van der Waals surface area contributed by atoms with Gasteiger partial charge in [0.1, 0.15) is 0 Å². The van der Waals surface area contributed by atoms with E-state index < -0.39 is 12.1 Å². The van der Waals surface area contributed by atoms with Crippen LogP contribution in [0.15, 0.2) is 36.5 Å². The van der Waals surface area contributed by atoms with Crippen molar-refractivity contribution in [3.63, 3.8) is 0 Å². The van der Waals surface area contributed by atoms with Crippen LogP contribution in [-0.4, -0.2) is 47.4 Å². The van der Waals surface area contributed by atoms with Gasteiger partial charge in [-0.05, 0) is 64.2 Å². The fourth-order valence-electron chi connectivity index (χ4n) is 11.0. The maximum absolute atomic E-state index is 12.5. The molecule has 0 spiro atoms. The van der Waals surface area contributed by atoms with Crippen LogP contribution in [0.5, 0.6) is 0 Å². The summed E-state index contributed by atoms with van der Waals surface area (Å²) in [6.07, 6.45) is 86.7. The summed E-state index contributed by atoms with van der Waals surface area (Å²) in [5.41, 5.74) is 0. The van der Waals surface area contributed by atoms with E-state index in [1.54, 1.807) is 6.08 Å². The number of allylic oxidation sites excluding steroid dienone is 5. The smallest absolute Gasteiger partial charge is 0.305 e. The van der Waals surface area contributed by atoms with Crippen molar-refractivity contribution < 1.29 is 24.5 Å². The minimum atomic E-state index is -0.842. The average Bonchev–Trinajstić information content (AvgIpc) is 3.44. The summed E-state index contributed by atoms with van der Waals surface area (Å²) in [7, 11) is 0. The number of nitrogens with one attached hydrogen (secondary N) is 1. The molecule has 0 saturated carbocycles. The van der Waals surface area contributed by atoms with E-state index in [1.807, 2.05) is 6.08 Å². The number of hydrogen-bond donors (Lipinski definition) is 3. The van der Waals surface area contributed by atoms with Crippen LogP contribution in [0.25, 0.3) is 0 Å². The highest BCUT2D eigenvalue weighted by Gasteiger charge is 2.18. The standard InChI is InChI=1S/C72H137NO5/c1-3-5-7-9-11-13-15-17-42-46-50-54-58-62-66-72(77)78-67-63-59-55-51-47-43-40-38-36-34-32-30-28-26-24-22-20-18-19-21-23-25-27-29-31-33-35-37-39-41-45-49-53-57-61-65-71(76)73-69(68-74)70(75)64-60-56-52-48-44-16-14-12-10-8-6-4-2/h20,22,26,28,60,64,69-70,74-75H,3-19,21,23-25,27,29-59,61-63,65-68H2,1-2H3,(H,73,76)/b22-20-,28-26-,64-60+. The van der Waals surface area contributed by atoms with Crippen LogP contribution < -0.4 is 5.32 Å². The first-order valence-electron chi connectivity index (χ1n) is 35.3. The molecule has 78 heavy (non-hydrogen) atoms. The Labute approximate surface area is 487 Å². The zero-order valence-electron chi connectivity index (χ0n) is 52.7. The van der Waals surface area contributed by atoms with Crippen molar-refractivity contribution in [1.82, 2.24) is 5.32 Å². The second-order valence-corrected chi connectivity index (χ2v) is 24.2. The number of rotatable bonds is 66. The van der Waals surface area contributed by atoms with Gasteiger partial charge in [0, 0.05) is 12.8 Å². The third kappa shape index (κ3) is 63.3. The Balaban J connectivity index is 3.36. The van der Waals surface area contributed by atoms with Crippen LogP contribution in [-0.2, 0) is 14.3 Å². The van der Waals surface area contributed by atoms with E-state index >= 15 is 0 Å². The third-order valence-electron chi connectivity index (χ3n) is 16.4. The van der Waals surface area contributed by atoms with Gasteiger partial charge in [-0.15, -0.1) is 0 Å². The lowest BCUT2D eigenvalue weighted by Crippen LogP contribution is -2.45. The number of aliphatic hydroxyl groups excluding tert-OH is 2. The molecule has 0 rings (SSSR count). The van der Waals surface area contributed by atoms with Crippen molar-refractivity contribution in [3.05, 3.63) is 36.5 Å². The molecule has 1 amide bonds. The Kier molecular flexibility index (Phi) is 65.9. The summed E-state index contributed by atoms with van der Waals surface area (Å²) < 4.78 is 5.49. The summed E-state index contributed by atoms with van der Waals surface area (Å²) in [4.78, 5) is 24.5. The second kappa shape index (κ2) is 67.6. The highest BCUT2D eigenvalue weighted by atomic mass is 16.5. The molecule has 0 aromatic heterocycles. The Hall–Kier alpha value is -1.92. The fourth-order valence-corrected chi connectivity index (χ4v) is 11.0. The van der Waals surface area contributed by atoms with Gasteiger partial charge in [0.2, 0.25) is 5.91 Å². The zero-order valence-corrected chi connectivity index (χ0v) is 52.7. The Morgan fingerprint density at radius 1 is 0.359 bits per heavy atom. The molecule has 0 saturated heterocycles. The van der Waals surface area contributed by atoms with Crippen LogP contribution in [0.3, 0.4) is 0 Å². The van der Waals surface area contributed by atoms with Crippen LogP contribution in [0.1, 0.15) is 386 Å². The van der Waals surface area contributed by atoms with Crippen molar-refractivity contribution in [2.75, 3.05) is 13.2 Å². The zero-order chi connectivity index (χ0) is 56.4. The average molecular weight is 1100 g/mol. The first-order chi connectivity index (χ1) is 38.5. The largest absolute Gasteiger partial charge is 0.466 e. The van der Waals surface area contributed by atoms with Gasteiger partial charge in [0.25, 0.3) is 0 Å². The number of carbonyl (C=O) groups excluding carboxylic acids is 2. The van der Waals surface area contributed by atoms with Gasteiger partial charge in [0.15, 0.2) is 0 Å². The van der Waals surface area contributed by atoms with E-state index in [9.17, 15) is 19.8 Å². The van der Waals surface area contributed by atoms with Gasteiger partial charge in [-0.2, -0.15) is 0 Å². The van der Waals surface area contributed by atoms with Gasteiger partial charge in [-0.1, -0.05) is 346 Å². The molecule has 0 aliphatic heterocycles. The van der Waals surface area contributed by atoms with Crippen LogP contribution in [0, 0.1) is 0 Å². The molecule has 0 aliphatic rings. The Bertz CT molecular complexity index is 1260. The molecule has 6 heteroatoms. The van der Waals surface area contributed by atoms with Gasteiger partial charge >= 0.3 is 5.97 Å². The highest BCUT2D eigenvalue weighted by Crippen LogP contribution is 2.18. The Morgan fingerprint density at radius 3 is 0.974 bits per heavy atom. The first kappa shape index (κ1) is 76.1. The number of unbranched alkanes of at least 4 members (excludes halogenated alkanes) is 51. The number of amides is 1. The van der Waals surface area contributed by atoms with Crippen molar-refractivity contribution in [3.8, 4) is 0 Å². The molecule has 0 heterocycles. The molecule has 0 aromatic carbocycles. The van der Waals surface area contributed by atoms with Crippen LogP contribution in [0.4, 0.5) is 0 Å². The minimum absolute atomic E-state index is 0.0191. The SMILES string of the molecule is CCCCCCCCCCCC/C=C/C(O)C(CO)NC(=O)CCCCCCCCCCCCCCCCCCC/C=C\C/C=C\CCCCCCCCCCCCCOC(=O)CCCCCCCCCCCCCCCC. The van der Waals surface area contributed by atoms with Crippen LogP contribution >= 0.6 is 0 Å². The highest BCUT2D eigenvalue weighted by molar-refractivity contribution is 5.76. The summed E-state index contributed by atoms with van der Waals surface area (Å²) >= 11 is 0. The van der Waals surface area contributed by atoms with Crippen molar-refractivity contribution in [1.29, 1.82) is 0 Å². The predicted molar refractivity (Wildman–Crippen MR) is 343 cm³/mol. The summed E-state index contributed by atoms with van der Waals surface area (Å²) in [5, 5.41) is 23.1. The predicted octanol–water partition coefficient (Wildman–Crippen LogP) is 22.7. The molecule has 0 bridgehead atoms. The number of aliphatic hydroxyl groups is 2. The number of ether oxygens (including phenoxy) is 1. The lowest BCUT2D eigenvalue weighted by molar-refractivity contribution is -0.143. The molecule has 460 valence electrons. The van der Waals surface area contributed by atoms with E-state index in [2.05, 4.69) is 43.5 Å². The van der Waals surface area contributed by atoms with E-state index in [0.717, 1.165) is 44.9 Å². The number of esters is 1. The molecule has 0 fully saturated rings. The number of hydrogen-bond acceptors (Lipinski definition) is 5. The van der Waals surface area contributed by atoms with Crippen molar-refractivity contribution in [2.24, 2.45) is 0 Å². The van der Waals surface area contributed by atoms with Gasteiger partial charge in [-0.3, -0.25) is 9.59 Å². The quantitative estimate of drug-likeness (QED) is 0.0320. The summed E-state index contributed by atoms with van der Waals surface area (Å²) in [6.45, 7) is 4.92. The van der Waals surface area contributed by atoms with Gasteiger partial charge in [0.05, 0.1) is 25.4 Å². The fraction of sp³-hybridized carbons (Fsp3) is 0.889. The number of carbonyl (C=O) groups is 2. The van der Waals surface area contributed by atoms with E-state index in [4.69, 9.17) is 4.74 Å². The van der Waals surface area contributed by atoms with Crippen molar-refractivity contribution in [2.45, 2.75) is 398 Å². The Morgan fingerprint density at radius 2 is 0.641 bits per heavy atom. The second-order valence-electron chi connectivity index (χ2n) is 24.2. The lowest BCUT2D eigenvalue weighted by Gasteiger charge is -2.20. The van der Waals surface area contributed by atoms with Crippen LogP contribution in [0.2, 0.25) is 0 Å². The molecule has 0 aromatic rings. The molecule has 6 nitrogen and oxygen atoms in total. The third-order valence-corrected chi connectivity index (χ3v) is 16.4. The maximum atomic E-state index is 12.5. The van der Waals surface area contributed by atoms with Gasteiger partial charge in [-0.25, -0.2) is 0 Å². The summed E-state index contributed by atoms with van der Waals surface area (Å²) in [5.74, 6) is -0.0459. The molecule has 2 atom stereocenters. The molecule has 0 radical (unpaired) electrons. The van der Waals surface area contributed by atoms with Crippen molar-refractivity contribution >= 4 is 11.9 Å². The van der Waals surface area contributed by atoms with E-state index in [-0.39, 0.29) is 18.5 Å². The maximum Gasteiger partial charge on any atom is 0.305 e. The molecular formula is C72H137NO5. The van der Waals surface area contributed by atoms with Gasteiger partial charge < -0.3 is 20.3 Å². The minimum Gasteiger partial charge on any atom is -0.466 e. The normalized spacial score (nSPS) is 12.7. The monoisotopic (exact) mass is 1100 g/mol. The van der Waals surface area contributed by atoms with E-state index in [0.29, 0.717) is 19.4 Å². The topological polar surface area (TPSA) is 95.9 Å². The van der Waals surface area contributed by atoms with E-state index in [1.165, 1.54) is 315 Å². The summed E-state index contributed by atoms with van der Waals surface area (Å²) in [6, 6.07) is -0.625. The molecular weight excluding hydrogens is 959 g/mol. The lowest BCUT2D eigenvalue weighted by atomic mass is 10.0. The molecule has 2 unspecified atom stereocenters. The molecule has 0 aliphatic carbocycles. The molecule has 3 N–H and O–H groups in total. The first-order valence-corrected chi connectivity index (χ1v) is 35.3.